The molecule has 2 rings (SSSR count). The minimum Gasteiger partial charge on any atom is -0.385 e. The highest BCUT2D eigenvalue weighted by atomic mass is 32.2. The van der Waals surface area contributed by atoms with Crippen LogP contribution in [0.2, 0.25) is 0 Å². The van der Waals surface area contributed by atoms with Gasteiger partial charge in [0.15, 0.2) is 5.96 Å². The van der Waals surface area contributed by atoms with Crippen LogP contribution < -0.4 is 10.6 Å². The van der Waals surface area contributed by atoms with E-state index in [1.807, 2.05) is 7.05 Å². The third-order valence-electron chi connectivity index (χ3n) is 5.29. The molecule has 1 saturated heterocycles. The van der Waals surface area contributed by atoms with E-state index >= 15 is 0 Å². The van der Waals surface area contributed by atoms with Crippen LogP contribution in [-0.2, 0) is 4.74 Å². The Kier molecular flexibility index (Phi) is 6.87. The first-order valence-corrected chi connectivity index (χ1v) is 9.67. The predicted octanol–water partition coefficient (Wildman–Crippen LogP) is 3.03. The van der Waals surface area contributed by atoms with Gasteiger partial charge in [0.1, 0.15) is 0 Å². The standard InChI is InChI=1S/C17H33N3OS/c1-16(7-6-12-22-16)13-19-15(18-2)20-14-17(10-11-21-3)8-4-5-9-17/h4-14H2,1-3H3,(H2,18,19,20). The second-order valence-corrected chi connectivity index (χ2v) is 8.81. The predicted molar refractivity (Wildman–Crippen MR) is 96.9 cm³/mol. The van der Waals surface area contributed by atoms with Gasteiger partial charge < -0.3 is 15.4 Å². The second kappa shape index (κ2) is 8.44. The maximum Gasteiger partial charge on any atom is 0.191 e. The lowest BCUT2D eigenvalue weighted by Crippen LogP contribution is -2.46. The number of nitrogens with one attached hydrogen (secondary N) is 2. The molecule has 2 fully saturated rings. The number of hydrogen-bond donors (Lipinski definition) is 2. The molecular weight excluding hydrogens is 294 g/mol. The van der Waals surface area contributed by atoms with Crippen LogP contribution in [0, 0.1) is 5.41 Å². The number of thioether (sulfide) groups is 1. The molecule has 1 unspecified atom stereocenters. The molecule has 0 aromatic heterocycles. The molecule has 1 heterocycles. The summed E-state index contributed by atoms with van der Waals surface area (Å²) >= 11 is 2.09. The number of aliphatic imine (C=N–C) groups is 1. The first-order chi connectivity index (χ1) is 10.6. The Morgan fingerprint density at radius 3 is 2.45 bits per heavy atom. The largest absolute Gasteiger partial charge is 0.385 e. The van der Waals surface area contributed by atoms with Crippen LogP contribution in [-0.4, -0.2) is 50.3 Å². The minimum absolute atomic E-state index is 0.374. The number of hydrogen-bond acceptors (Lipinski definition) is 3. The van der Waals surface area contributed by atoms with E-state index in [9.17, 15) is 0 Å². The molecule has 1 aliphatic carbocycles. The molecule has 5 heteroatoms. The van der Waals surface area contributed by atoms with Crippen molar-refractivity contribution in [2.24, 2.45) is 10.4 Å². The molecule has 0 spiro atoms. The van der Waals surface area contributed by atoms with E-state index < -0.39 is 0 Å². The number of ether oxygens (including phenoxy) is 1. The van der Waals surface area contributed by atoms with Crippen LogP contribution in [0.25, 0.3) is 0 Å². The fourth-order valence-electron chi connectivity index (χ4n) is 3.70. The van der Waals surface area contributed by atoms with Crippen molar-refractivity contribution < 1.29 is 4.74 Å². The summed E-state index contributed by atoms with van der Waals surface area (Å²) in [6.07, 6.45) is 9.13. The SMILES string of the molecule is CN=C(NCC1(CCOC)CCCC1)NCC1(C)CCCS1. The summed E-state index contributed by atoms with van der Waals surface area (Å²) in [4.78, 5) is 4.41. The highest BCUT2D eigenvalue weighted by Crippen LogP contribution is 2.40. The van der Waals surface area contributed by atoms with Gasteiger partial charge in [0.25, 0.3) is 0 Å². The molecule has 1 atom stereocenters. The summed E-state index contributed by atoms with van der Waals surface area (Å²) < 4.78 is 5.69. The summed E-state index contributed by atoms with van der Waals surface area (Å²) in [5.74, 6) is 2.25. The molecule has 1 aliphatic heterocycles. The minimum atomic E-state index is 0.374. The maximum absolute atomic E-state index is 5.31. The van der Waals surface area contributed by atoms with Crippen molar-refractivity contribution in [1.29, 1.82) is 0 Å². The summed E-state index contributed by atoms with van der Waals surface area (Å²) in [5, 5.41) is 7.11. The van der Waals surface area contributed by atoms with E-state index in [1.54, 1.807) is 7.11 Å². The molecule has 0 bridgehead atoms. The zero-order valence-corrected chi connectivity index (χ0v) is 15.4. The van der Waals surface area contributed by atoms with Crippen LogP contribution >= 0.6 is 11.8 Å². The first kappa shape index (κ1) is 17.9. The van der Waals surface area contributed by atoms with Crippen LogP contribution in [0.3, 0.4) is 0 Å². The lowest BCUT2D eigenvalue weighted by atomic mass is 9.83. The summed E-state index contributed by atoms with van der Waals surface area (Å²) in [6, 6.07) is 0. The van der Waals surface area contributed by atoms with Crippen molar-refractivity contribution in [3.05, 3.63) is 0 Å². The van der Waals surface area contributed by atoms with Gasteiger partial charge in [-0.05, 0) is 50.2 Å². The van der Waals surface area contributed by atoms with E-state index in [1.165, 1.54) is 44.3 Å². The maximum atomic E-state index is 5.31. The molecule has 2 N–H and O–H groups in total. The van der Waals surface area contributed by atoms with Gasteiger partial charge in [-0.25, -0.2) is 0 Å². The average molecular weight is 328 g/mol. The number of methoxy groups -OCH3 is 1. The monoisotopic (exact) mass is 327 g/mol. The van der Waals surface area contributed by atoms with Crippen LogP contribution in [0.4, 0.5) is 0 Å². The summed E-state index contributed by atoms with van der Waals surface area (Å²) in [6.45, 7) is 5.24. The van der Waals surface area contributed by atoms with Gasteiger partial charge in [-0.1, -0.05) is 12.8 Å². The van der Waals surface area contributed by atoms with Crippen molar-refractivity contribution in [3.8, 4) is 0 Å². The lowest BCUT2D eigenvalue weighted by Gasteiger charge is -2.31. The molecular formula is C17H33N3OS. The van der Waals surface area contributed by atoms with Crippen LogP contribution in [0.15, 0.2) is 4.99 Å². The van der Waals surface area contributed by atoms with Crippen LogP contribution in [0.5, 0.6) is 0 Å². The van der Waals surface area contributed by atoms with Crippen molar-refractivity contribution in [2.75, 3.05) is 39.6 Å². The van der Waals surface area contributed by atoms with Gasteiger partial charge in [0.2, 0.25) is 0 Å². The van der Waals surface area contributed by atoms with Gasteiger partial charge in [0, 0.05) is 38.6 Å². The van der Waals surface area contributed by atoms with Crippen LogP contribution in [0.1, 0.15) is 51.9 Å². The van der Waals surface area contributed by atoms with Gasteiger partial charge in [0.05, 0.1) is 0 Å². The zero-order chi connectivity index (χ0) is 15.9. The third kappa shape index (κ3) is 5.05. The summed E-state index contributed by atoms with van der Waals surface area (Å²) in [5.41, 5.74) is 0.402. The molecule has 1 saturated carbocycles. The third-order valence-corrected chi connectivity index (χ3v) is 6.82. The van der Waals surface area contributed by atoms with E-state index in [2.05, 4.69) is 34.3 Å². The fraction of sp³-hybridized carbons (Fsp3) is 0.941. The van der Waals surface area contributed by atoms with Gasteiger partial charge in [-0.15, -0.1) is 0 Å². The normalized spacial score (nSPS) is 28.0. The Morgan fingerprint density at radius 1 is 1.14 bits per heavy atom. The Balaban J connectivity index is 1.79. The highest BCUT2D eigenvalue weighted by Gasteiger charge is 2.34. The molecule has 0 aromatic rings. The van der Waals surface area contributed by atoms with Gasteiger partial charge in [-0.2, -0.15) is 11.8 Å². The van der Waals surface area contributed by atoms with E-state index in [0.29, 0.717) is 10.2 Å². The number of guanidine groups is 1. The molecule has 0 amide bonds. The van der Waals surface area contributed by atoms with Crippen molar-refractivity contribution in [3.63, 3.8) is 0 Å². The zero-order valence-electron chi connectivity index (χ0n) is 14.5. The highest BCUT2D eigenvalue weighted by molar-refractivity contribution is 8.00. The Hall–Kier alpha value is -0.420. The molecule has 4 nitrogen and oxygen atoms in total. The van der Waals surface area contributed by atoms with Crippen molar-refractivity contribution in [1.82, 2.24) is 10.6 Å². The quantitative estimate of drug-likeness (QED) is 0.557. The van der Waals surface area contributed by atoms with E-state index in [0.717, 1.165) is 32.1 Å². The van der Waals surface area contributed by atoms with E-state index in [-0.39, 0.29) is 0 Å². The van der Waals surface area contributed by atoms with E-state index in [4.69, 9.17) is 4.74 Å². The smallest absolute Gasteiger partial charge is 0.191 e. The number of rotatable bonds is 7. The molecule has 2 aliphatic rings. The molecule has 22 heavy (non-hydrogen) atoms. The first-order valence-electron chi connectivity index (χ1n) is 8.69. The van der Waals surface area contributed by atoms with Crippen molar-refractivity contribution in [2.45, 2.75) is 56.6 Å². The second-order valence-electron chi connectivity index (χ2n) is 7.13. The Bertz CT molecular complexity index is 361. The lowest BCUT2D eigenvalue weighted by molar-refractivity contribution is 0.138. The van der Waals surface area contributed by atoms with Gasteiger partial charge in [-0.3, -0.25) is 4.99 Å². The topological polar surface area (TPSA) is 45.7 Å². The number of nitrogens with zero attached hydrogens (tertiary/aromatic N) is 1. The summed E-state index contributed by atoms with van der Waals surface area (Å²) in [7, 11) is 3.67. The molecule has 128 valence electrons. The van der Waals surface area contributed by atoms with Crippen molar-refractivity contribution >= 4 is 17.7 Å². The molecule has 0 radical (unpaired) electrons. The average Bonchev–Trinajstić information content (AvgIpc) is 3.16. The Labute approximate surface area is 140 Å². The fourth-order valence-corrected chi connectivity index (χ4v) is 4.94. The Morgan fingerprint density at radius 2 is 1.86 bits per heavy atom. The molecule has 0 aromatic carbocycles. The van der Waals surface area contributed by atoms with Gasteiger partial charge >= 0.3 is 0 Å².